The summed E-state index contributed by atoms with van der Waals surface area (Å²) in [4.78, 5) is 13.6. The molecule has 0 bridgehead atoms. The molecule has 1 aliphatic heterocycles. The molecular formula is C20H32IN7O3. The fraction of sp³-hybridized carbons (Fsp3) is 0.600. The number of fused-ring (bicyclic) bond motifs is 1. The number of hydrogen-bond acceptors (Lipinski definition) is 7. The number of nitrogens with zero attached hydrogens (tertiary/aromatic N) is 5. The van der Waals surface area contributed by atoms with E-state index in [2.05, 4.69) is 25.7 Å². The summed E-state index contributed by atoms with van der Waals surface area (Å²) in [6.07, 6.45) is 3.55. The largest absolute Gasteiger partial charge is 0.475 e. The number of halogens is 1. The van der Waals surface area contributed by atoms with Crippen molar-refractivity contribution in [1.29, 1.82) is 0 Å². The molecule has 31 heavy (non-hydrogen) atoms. The number of rotatable bonds is 10. The molecule has 1 unspecified atom stereocenters. The first-order chi connectivity index (χ1) is 14.7. The second-order valence-electron chi connectivity index (χ2n) is 6.94. The van der Waals surface area contributed by atoms with Crippen molar-refractivity contribution < 1.29 is 14.2 Å². The number of hydrogen-bond donors (Lipinski definition) is 2. The van der Waals surface area contributed by atoms with Gasteiger partial charge in [0.05, 0.1) is 19.7 Å². The van der Waals surface area contributed by atoms with Crippen molar-refractivity contribution >= 4 is 29.9 Å². The van der Waals surface area contributed by atoms with Gasteiger partial charge in [-0.3, -0.25) is 0 Å². The Morgan fingerprint density at radius 1 is 1.29 bits per heavy atom. The third kappa shape index (κ3) is 7.58. The fourth-order valence-electron chi connectivity index (χ4n) is 3.24. The minimum Gasteiger partial charge on any atom is -0.475 e. The van der Waals surface area contributed by atoms with Crippen LogP contribution in [0.2, 0.25) is 0 Å². The fourth-order valence-corrected chi connectivity index (χ4v) is 3.24. The second-order valence-corrected chi connectivity index (χ2v) is 6.94. The van der Waals surface area contributed by atoms with Gasteiger partial charge in [-0.15, -0.1) is 24.0 Å². The van der Waals surface area contributed by atoms with Crippen LogP contribution in [0.4, 0.5) is 0 Å². The quantitative estimate of drug-likeness (QED) is 0.201. The first kappa shape index (κ1) is 25.3. The molecule has 1 atom stereocenters. The molecule has 3 rings (SSSR count). The molecule has 11 heteroatoms. The van der Waals surface area contributed by atoms with Crippen LogP contribution in [0.1, 0.15) is 30.6 Å². The van der Waals surface area contributed by atoms with Crippen LogP contribution in [0, 0.1) is 0 Å². The van der Waals surface area contributed by atoms with E-state index >= 15 is 0 Å². The van der Waals surface area contributed by atoms with E-state index in [4.69, 9.17) is 19.2 Å². The van der Waals surface area contributed by atoms with Gasteiger partial charge < -0.3 is 24.8 Å². The van der Waals surface area contributed by atoms with Crippen LogP contribution in [0.25, 0.3) is 0 Å². The number of aromatic nitrogens is 4. The number of guanidine groups is 1. The SMILES string of the molecule is CCNC(=NCc1cccnc1OCCOC)NC1CCc2nc(COC)nn2C1.I. The highest BCUT2D eigenvalue weighted by atomic mass is 127. The van der Waals surface area contributed by atoms with Gasteiger partial charge in [-0.1, -0.05) is 6.07 Å². The Kier molecular flexibility index (Phi) is 10.9. The maximum Gasteiger partial charge on any atom is 0.218 e. The Bertz CT molecular complexity index is 831. The predicted molar refractivity (Wildman–Crippen MR) is 128 cm³/mol. The van der Waals surface area contributed by atoms with E-state index in [9.17, 15) is 0 Å². The summed E-state index contributed by atoms with van der Waals surface area (Å²) >= 11 is 0. The monoisotopic (exact) mass is 545 g/mol. The van der Waals surface area contributed by atoms with E-state index in [0.717, 1.165) is 49.1 Å². The van der Waals surface area contributed by atoms with Crippen molar-refractivity contribution in [1.82, 2.24) is 30.4 Å². The average Bonchev–Trinajstić information content (AvgIpc) is 3.15. The Morgan fingerprint density at radius 3 is 2.94 bits per heavy atom. The summed E-state index contributed by atoms with van der Waals surface area (Å²) in [5.41, 5.74) is 0.928. The first-order valence-electron chi connectivity index (χ1n) is 10.3. The first-order valence-corrected chi connectivity index (χ1v) is 10.3. The van der Waals surface area contributed by atoms with Gasteiger partial charge in [-0.05, 0) is 19.4 Å². The summed E-state index contributed by atoms with van der Waals surface area (Å²) in [7, 11) is 3.30. The standard InChI is InChI=1S/C20H31N7O3.HI/c1-4-21-20(23-12-15-6-5-9-22-19(15)30-11-10-28-2)24-16-7-8-18-25-17(14-29-3)26-27(18)13-16;/h5-6,9,16H,4,7-8,10-14H2,1-3H3,(H2,21,23,24);1H. The molecule has 1 aliphatic rings. The van der Waals surface area contributed by atoms with E-state index in [0.29, 0.717) is 32.2 Å². The number of nitrogens with one attached hydrogen (secondary N) is 2. The molecule has 0 radical (unpaired) electrons. The molecule has 0 amide bonds. The molecule has 2 N–H and O–H groups in total. The molecule has 3 heterocycles. The zero-order valence-electron chi connectivity index (χ0n) is 18.3. The summed E-state index contributed by atoms with van der Waals surface area (Å²) in [6, 6.07) is 4.08. The van der Waals surface area contributed by atoms with Gasteiger partial charge in [0.25, 0.3) is 0 Å². The van der Waals surface area contributed by atoms with Crippen LogP contribution in [0.3, 0.4) is 0 Å². The van der Waals surface area contributed by atoms with E-state index in [1.54, 1.807) is 20.4 Å². The highest BCUT2D eigenvalue weighted by Gasteiger charge is 2.22. The Morgan fingerprint density at radius 2 is 2.16 bits per heavy atom. The van der Waals surface area contributed by atoms with Crippen LogP contribution >= 0.6 is 24.0 Å². The topological polar surface area (TPSA) is 108 Å². The normalized spacial score (nSPS) is 15.7. The molecule has 0 saturated heterocycles. The lowest BCUT2D eigenvalue weighted by molar-refractivity contribution is 0.143. The van der Waals surface area contributed by atoms with Gasteiger partial charge in [0.15, 0.2) is 11.8 Å². The number of pyridine rings is 1. The van der Waals surface area contributed by atoms with Gasteiger partial charge in [0.2, 0.25) is 5.88 Å². The maximum atomic E-state index is 5.71. The van der Waals surface area contributed by atoms with E-state index in [-0.39, 0.29) is 30.0 Å². The maximum absolute atomic E-state index is 5.71. The van der Waals surface area contributed by atoms with Crippen molar-refractivity contribution in [3.8, 4) is 5.88 Å². The van der Waals surface area contributed by atoms with Crippen LogP contribution in [0.5, 0.6) is 5.88 Å². The van der Waals surface area contributed by atoms with Crippen molar-refractivity contribution in [3.63, 3.8) is 0 Å². The lowest BCUT2D eigenvalue weighted by Gasteiger charge is -2.25. The van der Waals surface area contributed by atoms with Gasteiger partial charge in [-0.25, -0.2) is 19.6 Å². The number of ether oxygens (including phenoxy) is 3. The molecule has 2 aromatic heterocycles. The zero-order chi connectivity index (χ0) is 21.2. The third-order valence-corrected chi connectivity index (χ3v) is 4.64. The molecule has 0 aromatic carbocycles. The highest BCUT2D eigenvalue weighted by Crippen LogP contribution is 2.16. The Balaban J connectivity index is 0.00000341. The zero-order valence-corrected chi connectivity index (χ0v) is 20.7. The predicted octanol–water partition coefficient (Wildman–Crippen LogP) is 1.53. The molecular weight excluding hydrogens is 513 g/mol. The van der Waals surface area contributed by atoms with Crippen molar-refractivity contribution in [3.05, 3.63) is 35.5 Å². The molecule has 0 spiro atoms. The van der Waals surface area contributed by atoms with E-state index in [1.807, 2.05) is 23.7 Å². The van der Waals surface area contributed by atoms with E-state index < -0.39 is 0 Å². The van der Waals surface area contributed by atoms with Crippen molar-refractivity contribution in [2.45, 2.75) is 45.5 Å². The molecule has 0 aliphatic carbocycles. The molecule has 2 aromatic rings. The summed E-state index contributed by atoms with van der Waals surface area (Å²) in [5, 5.41) is 11.4. The van der Waals surface area contributed by atoms with Gasteiger partial charge >= 0.3 is 0 Å². The highest BCUT2D eigenvalue weighted by molar-refractivity contribution is 14.0. The van der Waals surface area contributed by atoms with Crippen molar-refractivity contribution in [2.75, 3.05) is 34.0 Å². The number of aryl methyl sites for hydroxylation is 1. The van der Waals surface area contributed by atoms with Crippen molar-refractivity contribution in [2.24, 2.45) is 4.99 Å². The molecule has 10 nitrogen and oxygen atoms in total. The smallest absolute Gasteiger partial charge is 0.218 e. The minimum atomic E-state index is 0. The lowest BCUT2D eigenvalue weighted by atomic mass is 10.1. The molecule has 172 valence electrons. The summed E-state index contributed by atoms with van der Waals surface area (Å²) < 4.78 is 17.8. The lowest BCUT2D eigenvalue weighted by Crippen LogP contribution is -2.47. The van der Waals surface area contributed by atoms with Gasteiger partial charge in [0.1, 0.15) is 19.0 Å². The van der Waals surface area contributed by atoms with Crippen LogP contribution in [0.15, 0.2) is 23.3 Å². The van der Waals surface area contributed by atoms with Gasteiger partial charge in [0, 0.05) is 45.0 Å². The number of aliphatic imine (C=N–C) groups is 1. The van der Waals surface area contributed by atoms with E-state index in [1.165, 1.54) is 0 Å². The van der Waals surface area contributed by atoms with Crippen LogP contribution in [-0.4, -0.2) is 65.7 Å². The van der Waals surface area contributed by atoms with Crippen LogP contribution in [-0.2, 0) is 35.6 Å². The third-order valence-electron chi connectivity index (χ3n) is 4.64. The van der Waals surface area contributed by atoms with Gasteiger partial charge in [-0.2, -0.15) is 5.10 Å². The number of methoxy groups -OCH3 is 2. The van der Waals surface area contributed by atoms with Crippen LogP contribution < -0.4 is 15.4 Å². The Hall–Kier alpha value is -1.99. The average molecular weight is 545 g/mol. The summed E-state index contributed by atoms with van der Waals surface area (Å²) in [6.45, 7) is 5.43. The molecule has 0 fully saturated rings. The molecule has 0 saturated carbocycles. The minimum absolute atomic E-state index is 0. The summed E-state index contributed by atoms with van der Waals surface area (Å²) in [5.74, 6) is 3.08. The Labute approximate surface area is 200 Å². The second kappa shape index (κ2) is 13.4.